The minimum absolute atomic E-state index is 1.38. The van der Waals surface area contributed by atoms with Crippen molar-refractivity contribution in [2.45, 2.75) is 32.1 Å². The highest BCUT2D eigenvalue weighted by molar-refractivity contribution is 4.57. The molecule has 0 N–H and O–H groups in total. The van der Waals surface area contributed by atoms with Crippen molar-refractivity contribution in [3.8, 4) is 0 Å². The lowest BCUT2D eigenvalue weighted by Gasteiger charge is -1.67. The minimum atomic E-state index is 1.38. The smallest absolute Gasteiger partial charge is 0.180 e. The van der Waals surface area contributed by atoms with Crippen LogP contribution in [0.4, 0.5) is 0 Å². The van der Waals surface area contributed by atoms with Crippen molar-refractivity contribution in [2.24, 2.45) is 0 Å². The predicted molar refractivity (Wildman–Crippen MR) is 56.1 cm³/mol. The molecule has 0 bridgehead atoms. The molecule has 0 saturated heterocycles. The summed E-state index contributed by atoms with van der Waals surface area (Å²) in [5, 5.41) is 0. The molecule has 2 aromatic heterocycles. The largest absolute Gasteiger partial charge is 0.452 e. The van der Waals surface area contributed by atoms with E-state index in [-0.39, 0.29) is 0 Å². The van der Waals surface area contributed by atoms with Gasteiger partial charge in [0.2, 0.25) is 0 Å². The minimum Gasteiger partial charge on any atom is -0.452 e. The molecule has 15 heavy (non-hydrogen) atoms. The summed E-state index contributed by atoms with van der Waals surface area (Å²) < 4.78 is 8.94. The normalized spacial score (nSPS) is 13.3. The zero-order chi connectivity index (χ0) is 10.6. The first-order valence-electron chi connectivity index (χ1n) is 5.14. The van der Waals surface area contributed by atoms with E-state index in [1.165, 1.54) is 57.4 Å². The molecule has 1 saturated carbocycles. The Kier molecular flexibility index (Phi) is 6.89. The third kappa shape index (κ3) is 7.49. The lowest BCUT2D eigenvalue weighted by molar-refractivity contribution is 0.557. The number of hydrogen-bond donors (Lipinski definition) is 0. The third-order valence-electron chi connectivity index (χ3n) is 1.94. The molecule has 2 aromatic rings. The van der Waals surface area contributed by atoms with Gasteiger partial charge < -0.3 is 8.83 Å². The third-order valence-corrected chi connectivity index (χ3v) is 1.94. The van der Waals surface area contributed by atoms with Crippen molar-refractivity contribution in [3.63, 3.8) is 0 Å². The van der Waals surface area contributed by atoms with Gasteiger partial charge in [-0.3, -0.25) is 0 Å². The van der Waals surface area contributed by atoms with Gasteiger partial charge in [-0.15, -0.1) is 0 Å². The summed E-state index contributed by atoms with van der Waals surface area (Å²) in [6, 6.07) is 0. The molecule has 0 spiro atoms. The molecule has 0 atom stereocenters. The number of oxazole rings is 2. The molecule has 1 fully saturated rings. The molecule has 4 nitrogen and oxygen atoms in total. The molecule has 4 heteroatoms. The van der Waals surface area contributed by atoms with Crippen LogP contribution in [-0.4, -0.2) is 9.97 Å². The van der Waals surface area contributed by atoms with Crippen LogP contribution in [0.25, 0.3) is 0 Å². The molecular weight excluding hydrogens is 192 g/mol. The molecule has 0 aliphatic heterocycles. The summed E-state index contributed by atoms with van der Waals surface area (Å²) in [4.78, 5) is 7.11. The van der Waals surface area contributed by atoms with Gasteiger partial charge in [0, 0.05) is 0 Å². The molecule has 0 amide bonds. The molecule has 1 aliphatic rings. The first-order valence-corrected chi connectivity index (χ1v) is 5.14. The van der Waals surface area contributed by atoms with Gasteiger partial charge in [-0.1, -0.05) is 32.1 Å². The van der Waals surface area contributed by atoms with E-state index in [0.29, 0.717) is 0 Å². The second-order valence-electron chi connectivity index (χ2n) is 3.12. The number of hydrogen-bond acceptors (Lipinski definition) is 4. The maximum Gasteiger partial charge on any atom is 0.180 e. The average Bonchev–Trinajstić information content (AvgIpc) is 3.09. The molecule has 0 radical (unpaired) electrons. The standard InChI is InChI=1S/C5H10.2C3H3NO/c1-2-4-5-3-1;2*1-2-5-3-4-1/h1-5H2;2*1-3H. The van der Waals surface area contributed by atoms with E-state index in [1.807, 2.05) is 0 Å². The van der Waals surface area contributed by atoms with Crippen molar-refractivity contribution in [1.82, 2.24) is 9.97 Å². The number of nitrogens with zero attached hydrogens (tertiary/aromatic N) is 2. The van der Waals surface area contributed by atoms with Crippen LogP contribution in [0.1, 0.15) is 32.1 Å². The van der Waals surface area contributed by atoms with E-state index in [1.54, 1.807) is 12.4 Å². The zero-order valence-corrected chi connectivity index (χ0v) is 8.71. The highest BCUT2D eigenvalue weighted by Crippen LogP contribution is 2.15. The van der Waals surface area contributed by atoms with Gasteiger partial charge in [-0.2, -0.15) is 0 Å². The van der Waals surface area contributed by atoms with Crippen LogP contribution in [0.5, 0.6) is 0 Å². The summed E-state index contributed by atoms with van der Waals surface area (Å²) in [5.41, 5.74) is 0. The Hall–Kier alpha value is -1.58. The van der Waals surface area contributed by atoms with Gasteiger partial charge in [-0.05, 0) is 0 Å². The van der Waals surface area contributed by atoms with E-state index >= 15 is 0 Å². The fourth-order valence-corrected chi connectivity index (χ4v) is 1.24. The number of rotatable bonds is 0. The van der Waals surface area contributed by atoms with Gasteiger partial charge in [0.15, 0.2) is 12.8 Å². The van der Waals surface area contributed by atoms with E-state index in [9.17, 15) is 0 Å². The predicted octanol–water partition coefficient (Wildman–Crippen LogP) is 3.30. The van der Waals surface area contributed by atoms with Crippen LogP contribution < -0.4 is 0 Å². The quantitative estimate of drug-likeness (QED) is 0.666. The van der Waals surface area contributed by atoms with Crippen molar-refractivity contribution < 1.29 is 8.83 Å². The van der Waals surface area contributed by atoms with Crippen molar-refractivity contribution >= 4 is 0 Å². The molecule has 2 heterocycles. The number of aromatic nitrogens is 2. The van der Waals surface area contributed by atoms with Crippen LogP contribution in [0.2, 0.25) is 0 Å². The van der Waals surface area contributed by atoms with Crippen molar-refractivity contribution in [2.75, 3.05) is 0 Å². The van der Waals surface area contributed by atoms with Gasteiger partial charge in [0.25, 0.3) is 0 Å². The van der Waals surface area contributed by atoms with Gasteiger partial charge >= 0.3 is 0 Å². The summed E-state index contributed by atoms with van der Waals surface area (Å²) in [6.07, 6.45) is 16.4. The molecule has 1 aliphatic carbocycles. The Labute approximate surface area is 89.3 Å². The SMILES string of the molecule is C1CCCC1.c1cocn1.c1cocn1. The Morgan fingerprint density at radius 2 is 1.07 bits per heavy atom. The highest BCUT2D eigenvalue weighted by atomic mass is 16.3. The Bertz CT molecular complexity index is 207. The molecular formula is C11H16N2O2. The van der Waals surface area contributed by atoms with Crippen molar-refractivity contribution in [3.05, 3.63) is 37.7 Å². The first-order chi connectivity index (χ1) is 7.50. The van der Waals surface area contributed by atoms with Crippen molar-refractivity contribution in [1.29, 1.82) is 0 Å². The summed E-state index contributed by atoms with van der Waals surface area (Å²) in [7, 11) is 0. The molecule has 82 valence electrons. The maximum atomic E-state index is 4.47. The second-order valence-corrected chi connectivity index (χ2v) is 3.12. The molecule has 0 unspecified atom stereocenters. The summed E-state index contributed by atoms with van der Waals surface area (Å²) >= 11 is 0. The van der Waals surface area contributed by atoms with Crippen LogP contribution in [0, 0.1) is 0 Å². The van der Waals surface area contributed by atoms with Crippen LogP contribution >= 0.6 is 0 Å². The van der Waals surface area contributed by atoms with Crippen LogP contribution in [0.3, 0.4) is 0 Å². The average molecular weight is 208 g/mol. The summed E-state index contributed by atoms with van der Waals surface area (Å²) in [6.45, 7) is 0. The van der Waals surface area contributed by atoms with Gasteiger partial charge in [0.1, 0.15) is 12.5 Å². The molecule has 0 aromatic carbocycles. The summed E-state index contributed by atoms with van der Waals surface area (Å²) in [5.74, 6) is 0. The fourth-order valence-electron chi connectivity index (χ4n) is 1.24. The maximum absolute atomic E-state index is 4.47. The van der Waals surface area contributed by atoms with Gasteiger partial charge in [0.05, 0.1) is 12.4 Å². The van der Waals surface area contributed by atoms with E-state index < -0.39 is 0 Å². The monoisotopic (exact) mass is 208 g/mol. The Morgan fingerprint density at radius 1 is 0.667 bits per heavy atom. The first kappa shape index (κ1) is 11.5. The zero-order valence-electron chi connectivity index (χ0n) is 8.71. The Balaban J connectivity index is 0.000000112. The second kappa shape index (κ2) is 8.99. The van der Waals surface area contributed by atoms with E-state index in [0.717, 1.165) is 0 Å². The van der Waals surface area contributed by atoms with Gasteiger partial charge in [-0.25, -0.2) is 9.97 Å². The van der Waals surface area contributed by atoms with E-state index in [2.05, 4.69) is 18.8 Å². The topological polar surface area (TPSA) is 52.1 Å². The fraction of sp³-hybridized carbons (Fsp3) is 0.455. The lowest BCUT2D eigenvalue weighted by atomic mass is 10.4. The highest BCUT2D eigenvalue weighted by Gasteiger charge is 1.95. The van der Waals surface area contributed by atoms with Crippen LogP contribution in [-0.2, 0) is 0 Å². The van der Waals surface area contributed by atoms with E-state index in [4.69, 9.17) is 0 Å². The lowest BCUT2D eigenvalue weighted by Crippen LogP contribution is -1.47. The van der Waals surface area contributed by atoms with Crippen LogP contribution in [0.15, 0.2) is 46.5 Å². The Morgan fingerprint density at radius 3 is 1.20 bits per heavy atom. The molecule has 3 rings (SSSR count).